The highest BCUT2D eigenvalue weighted by atomic mass is 32.2. The zero-order chi connectivity index (χ0) is 22.2. The number of thioether (sulfide) groups is 1. The molecular formula is C24H28N3O2S2+. The van der Waals surface area contributed by atoms with E-state index >= 15 is 0 Å². The zero-order valence-electron chi connectivity index (χ0n) is 18.6. The average molecular weight is 455 g/mol. The van der Waals surface area contributed by atoms with Gasteiger partial charge in [-0.3, -0.25) is 4.79 Å². The predicted molar refractivity (Wildman–Crippen MR) is 130 cm³/mol. The number of rotatable bonds is 6. The molecule has 0 saturated heterocycles. The van der Waals surface area contributed by atoms with Gasteiger partial charge in [-0.1, -0.05) is 35.2 Å². The van der Waals surface area contributed by atoms with Gasteiger partial charge in [0.1, 0.15) is 17.5 Å². The number of hydrogen-bond acceptors (Lipinski definition) is 5. The molecule has 5 nitrogen and oxygen atoms in total. The van der Waals surface area contributed by atoms with E-state index in [2.05, 4.69) is 64.3 Å². The first-order valence-corrected chi connectivity index (χ1v) is 12.0. The lowest BCUT2D eigenvalue weighted by atomic mass is 9.91. The Balaban J connectivity index is 1.77. The second kappa shape index (κ2) is 8.55. The van der Waals surface area contributed by atoms with Crippen molar-refractivity contribution >= 4 is 51.0 Å². The van der Waals surface area contributed by atoms with Gasteiger partial charge in [0.15, 0.2) is 0 Å². The van der Waals surface area contributed by atoms with Crippen molar-refractivity contribution in [2.75, 3.05) is 25.1 Å². The van der Waals surface area contributed by atoms with Gasteiger partial charge >= 0.3 is 0 Å². The Labute approximate surface area is 191 Å². The minimum absolute atomic E-state index is 0.0584. The van der Waals surface area contributed by atoms with Crippen LogP contribution in [-0.4, -0.2) is 26.1 Å². The molecule has 31 heavy (non-hydrogen) atoms. The molecule has 0 atom stereocenters. The summed E-state index contributed by atoms with van der Waals surface area (Å²) in [4.78, 5) is 16.2. The van der Waals surface area contributed by atoms with Crippen molar-refractivity contribution in [3.63, 3.8) is 0 Å². The number of aromatic nitrogens is 1. The third-order valence-electron chi connectivity index (χ3n) is 5.46. The summed E-state index contributed by atoms with van der Waals surface area (Å²) in [6, 6.07) is 14.6. The Morgan fingerprint density at radius 2 is 2.03 bits per heavy atom. The largest absolute Gasteiger partial charge is 0.497 e. The van der Waals surface area contributed by atoms with Crippen LogP contribution in [0.4, 0.5) is 5.69 Å². The Bertz CT molecular complexity index is 1170. The van der Waals surface area contributed by atoms with Crippen LogP contribution in [0.2, 0.25) is 0 Å². The van der Waals surface area contributed by atoms with Crippen LogP contribution < -0.4 is 19.5 Å². The van der Waals surface area contributed by atoms with Crippen molar-refractivity contribution < 1.29 is 14.1 Å². The van der Waals surface area contributed by atoms with Crippen molar-refractivity contribution in [1.29, 1.82) is 0 Å². The van der Waals surface area contributed by atoms with Crippen molar-refractivity contribution in [3.8, 4) is 5.75 Å². The Morgan fingerprint density at radius 3 is 2.74 bits per heavy atom. The van der Waals surface area contributed by atoms with Crippen LogP contribution >= 0.6 is 23.1 Å². The summed E-state index contributed by atoms with van der Waals surface area (Å²) >= 11 is 3.51. The van der Waals surface area contributed by atoms with Crippen LogP contribution in [0.5, 0.6) is 5.75 Å². The van der Waals surface area contributed by atoms with Crippen molar-refractivity contribution in [3.05, 3.63) is 52.5 Å². The molecule has 1 aliphatic heterocycles. The number of carbonyl (C=O) groups excluding carboxylic acids is 1. The second-order valence-corrected chi connectivity index (χ2v) is 10.3. The number of fused-ring (bicyclic) bond motifs is 2. The normalized spacial score (nSPS) is 14.9. The number of ether oxygens (including phenoxy) is 1. The average Bonchev–Trinajstić information content (AvgIpc) is 3.25. The molecule has 2 heterocycles. The van der Waals surface area contributed by atoms with E-state index < -0.39 is 5.41 Å². The van der Waals surface area contributed by atoms with E-state index in [0.717, 1.165) is 16.5 Å². The fraction of sp³-hybridized carbons (Fsp3) is 0.333. The fourth-order valence-electron chi connectivity index (χ4n) is 3.70. The first-order chi connectivity index (χ1) is 14.8. The molecule has 4 rings (SSSR count). The smallest absolute Gasteiger partial charge is 0.265 e. The van der Waals surface area contributed by atoms with Crippen molar-refractivity contribution in [2.45, 2.75) is 25.7 Å². The lowest BCUT2D eigenvalue weighted by Crippen LogP contribution is -2.44. The van der Waals surface area contributed by atoms with Gasteiger partial charge < -0.3 is 15.0 Å². The monoisotopic (exact) mass is 454 g/mol. The van der Waals surface area contributed by atoms with E-state index in [0.29, 0.717) is 13.1 Å². The number of nitrogens with one attached hydrogen (secondary N) is 1. The molecule has 0 unspecified atom stereocenters. The molecule has 1 N–H and O–H groups in total. The summed E-state index contributed by atoms with van der Waals surface area (Å²) in [6.45, 7) is 7.15. The number of amides is 1. The Hall–Kier alpha value is -2.51. The number of benzene rings is 2. The number of aryl methyl sites for hydroxylation is 1. The zero-order valence-corrected chi connectivity index (χ0v) is 20.2. The van der Waals surface area contributed by atoms with Gasteiger partial charge in [0, 0.05) is 30.1 Å². The molecule has 0 fully saturated rings. The number of nitrogens with zero attached hydrogens (tertiary/aromatic N) is 2. The molecule has 1 aliphatic rings. The van der Waals surface area contributed by atoms with Gasteiger partial charge in [0.25, 0.3) is 5.01 Å². The number of hydrogen-bond donors (Lipinski definition) is 1. The van der Waals surface area contributed by atoms with Crippen LogP contribution in [0.1, 0.15) is 25.8 Å². The molecule has 0 radical (unpaired) electrons. The van der Waals surface area contributed by atoms with Gasteiger partial charge in [-0.15, -0.1) is 0 Å². The summed E-state index contributed by atoms with van der Waals surface area (Å²) in [5.74, 6) is 0.872. The minimum atomic E-state index is -0.553. The lowest BCUT2D eigenvalue weighted by molar-refractivity contribution is -0.642. The van der Waals surface area contributed by atoms with E-state index in [1.54, 1.807) is 30.2 Å². The first-order valence-electron chi connectivity index (χ1n) is 10.3. The maximum absolute atomic E-state index is 12.7. The summed E-state index contributed by atoms with van der Waals surface area (Å²) in [5.41, 5.74) is 1.75. The van der Waals surface area contributed by atoms with E-state index in [1.165, 1.54) is 20.1 Å². The minimum Gasteiger partial charge on any atom is -0.497 e. The molecule has 162 valence electrons. The molecule has 1 aromatic heterocycles. The van der Waals surface area contributed by atoms with E-state index in [-0.39, 0.29) is 5.91 Å². The maximum Gasteiger partial charge on any atom is 0.265 e. The van der Waals surface area contributed by atoms with E-state index in [9.17, 15) is 4.79 Å². The highest BCUT2D eigenvalue weighted by Crippen LogP contribution is 2.49. The fourth-order valence-corrected chi connectivity index (χ4v) is 5.94. The van der Waals surface area contributed by atoms with Gasteiger partial charge in [-0.05, 0) is 39.0 Å². The third-order valence-corrected chi connectivity index (χ3v) is 7.74. The summed E-state index contributed by atoms with van der Waals surface area (Å²) in [5, 5.41) is 5.26. The van der Waals surface area contributed by atoms with E-state index in [4.69, 9.17) is 4.74 Å². The number of para-hydroxylation sites is 1. The number of methoxy groups -OCH3 is 1. The standard InChI is InChI=1S/C24H27N3O2S2/c1-6-25-23(28)24(2,3)15-27-18-13-16(29-5)11-12-20(18)31-22(27)14-21-26(4)17-9-7-8-10-19(17)30-21/h7-14H,6,15H2,1-5H3/p+1. The maximum atomic E-state index is 12.7. The van der Waals surface area contributed by atoms with Crippen LogP contribution in [0, 0.1) is 5.41 Å². The summed E-state index contributed by atoms with van der Waals surface area (Å²) < 4.78 is 8.96. The van der Waals surface area contributed by atoms with Crippen LogP contribution in [0.25, 0.3) is 16.3 Å². The molecule has 3 aromatic rings. The summed E-state index contributed by atoms with van der Waals surface area (Å²) in [7, 11) is 3.78. The quantitative estimate of drug-likeness (QED) is 0.543. The molecule has 2 aromatic carbocycles. The summed E-state index contributed by atoms with van der Waals surface area (Å²) in [6.07, 6.45) is 2.23. The van der Waals surface area contributed by atoms with Gasteiger partial charge in [0.05, 0.1) is 29.3 Å². The van der Waals surface area contributed by atoms with Crippen molar-refractivity contribution in [1.82, 2.24) is 5.32 Å². The SMILES string of the molecule is CCNC(=O)C(C)(C)CN1/C(=C/c2sc3ccccc3[n+]2C)Sc2ccc(OC)cc21. The highest BCUT2D eigenvalue weighted by Gasteiger charge is 2.36. The molecule has 1 amide bonds. The lowest BCUT2D eigenvalue weighted by Gasteiger charge is -2.31. The predicted octanol–water partition coefficient (Wildman–Crippen LogP) is 4.81. The van der Waals surface area contributed by atoms with Gasteiger partial charge in [-0.25, -0.2) is 0 Å². The second-order valence-electron chi connectivity index (χ2n) is 8.21. The number of thiazole rings is 1. The third kappa shape index (κ3) is 4.16. The van der Waals surface area contributed by atoms with Crippen LogP contribution in [0.3, 0.4) is 0 Å². The van der Waals surface area contributed by atoms with E-state index in [1.807, 2.05) is 26.8 Å². The molecular weight excluding hydrogens is 426 g/mol. The van der Waals surface area contributed by atoms with Crippen LogP contribution in [-0.2, 0) is 11.8 Å². The molecule has 0 aliphatic carbocycles. The van der Waals surface area contributed by atoms with Gasteiger partial charge in [-0.2, -0.15) is 4.57 Å². The Kier molecular flexibility index (Phi) is 5.99. The highest BCUT2D eigenvalue weighted by molar-refractivity contribution is 8.03. The topological polar surface area (TPSA) is 45.5 Å². The van der Waals surface area contributed by atoms with Crippen LogP contribution in [0.15, 0.2) is 52.4 Å². The van der Waals surface area contributed by atoms with Gasteiger partial charge in [0.2, 0.25) is 11.4 Å². The number of anilines is 1. The number of carbonyl (C=O) groups is 1. The molecule has 0 bridgehead atoms. The molecule has 0 saturated carbocycles. The van der Waals surface area contributed by atoms with Crippen molar-refractivity contribution in [2.24, 2.45) is 12.5 Å². The Morgan fingerprint density at radius 1 is 1.26 bits per heavy atom. The molecule has 7 heteroatoms. The molecule has 0 spiro atoms. The first kappa shape index (κ1) is 21.7.